The molecule has 0 unspecified atom stereocenters. The van der Waals surface area contributed by atoms with E-state index in [-0.39, 0.29) is 0 Å². The minimum absolute atomic E-state index is 0.778. The van der Waals surface area contributed by atoms with E-state index in [9.17, 15) is 43.2 Å². The van der Waals surface area contributed by atoms with Crippen LogP contribution in [-0.2, 0) is 46.3 Å². The van der Waals surface area contributed by atoms with Crippen LogP contribution in [0.15, 0.2) is 24.5 Å². The van der Waals surface area contributed by atoms with E-state index in [1.165, 1.54) is 12.0 Å². The van der Waals surface area contributed by atoms with Gasteiger partial charge in [-0.05, 0) is 18.9 Å². The topological polar surface area (TPSA) is 114 Å². The summed E-state index contributed by atoms with van der Waals surface area (Å²) < 4.78 is 128. The monoisotopic (exact) mass is 578 g/mol. The average molecular weight is 579 g/mol. The second-order valence-electron chi connectivity index (χ2n) is 6.87. The zero-order valence-corrected chi connectivity index (χ0v) is 22.0. The molecule has 0 aliphatic rings. The van der Waals surface area contributed by atoms with Gasteiger partial charge in [-0.15, -0.1) is 0 Å². The van der Waals surface area contributed by atoms with Crippen LogP contribution in [0.1, 0.15) is 31.7 Å². The Kier molecular flexibility index (Phi) is 13.3. The van der Waals surface area contributed by atoms with Crippen molar-refractivity contribution in [2.24, 2.45) is 0 Å². The second-order valence-corrected chi connectivity index (χ2v) is 13.4. The maximum absolute atomic E-state index is 11.4. The van der Waals surface area contributed by atoms with Gasteiger partial charge in [0.25, 0.3) is 0 Å². The Hall–Kier alpha value is -1.31. The van der Waals surface area contributed by atoms with Crippen molar-refractivity contribution in [2.45, 2.75) is 56.2 Å². The first-order valence-corrected chi connectivity index (χ1v) is 14.7. The minimum atomic E-state index is -6.72. The van der Waals surface area contributed by atoms with Crippen molar-refractivity contribution < 1.29 is 61.0 Å². The third kappa shape index (κ3) is 11.1. The molecule has 0 saturated carbocycles. The number of hydrogen-bond acceptors (Lipinski definition) is 7. The molecule has 206 valence electrons. The van der Waals surface area contributed by atoms with E-state index in [4.69, 9.17) is 13.3 Å². The quantitative estimate of drug-likeness (QED) is 0.161. The van der Waals surface area contributed by atoms with Crippen LogP contribution in [0.5, 0.6) is 0 Å². The molecule has 0 aliphatic carbocycles. The van der Waals surface area contributed by atoms with Crippen molar-refractivity contribution in [1.29, 1.82) is 0 Å². The van der Waals surface area contributed by atoms with Crippen molar-refractivity contribution in [3.63, 3.8) is 0 Å². The van der Waals surface area contributed by atoms with Crippen LogP contribution in [0, 0.1) is 0 Å². The molecule has 0 atom stereocenters. The minimum Gasteiger partial charge on any atom is -0.421 e. The second kappa shape index (κ2) is 13.8. The number of aryl methyl sites for hydroxylation is 2. The maximum Gasteiger partial charge on any atom is 0.500 e. The fourth-order valence-electron chi connectivity index (χ4n) is 2.56. The number of halogens is 6. The van der Waals surface area contributed by atoms with Crippen LogP contribution in [0.3, 0.4) is 0 Å². The Balaban J connectivity index is 0.000000691. The fraction of sp³-hybridized carbons (Fsp3) is 0.706. The summed E-state index contributed by atoms with van der Waals surface area (Å²) in [6, 6.07) is 5.19. The first kappa shape index (κ1) is 33.7. The molecule has 0 saturated heterocycles. The molecule has 18 heteroatoms. The number of pyridine rings is 1. The number of aromatic nitrogens is 1. The predicted molar refractivity (Wildman–Crippen MR) is 115 cm³/mol. The van der Waals surface area contributed by atoms with E-state index in [0.29, 0.717) is 0 Å². The van der Waals surface area contributed by atoms with Gasteiger partial charge in [0, 0.05) is 45.4 Å². The molecule has 9 nitrogen and oxygen atoms in total. The van der Waals surface area contributed by atoms with Crippen molar-refractivity contribution in [1.82, 2.24) is 0 Å². The summed E-state index contributed by atoms with van der Waals surface area (Å²) in [4.78, 5) is 0. The molecule has 0 aromatic carbocycles. The molecule has 0 radical (unpaired) electrons. The zero-order valence-electron chi connectivity index (χ0n) is 19.4. The Morgan fingerprint density at radius 2 is 1.40 bits per heavy atom. The Labute approximate surface area is 201 Å². The van der Waals surface area contributed by atoms with Crippen molar-refractivity contribution in [3.05, 3.63) is 34.2 Å². The van der Waals surface area contributed by atoms with Crippen LogP contribution in [-0.4, -0.2) is 58.0 Å². The summed E-state index contributed by atoms with van der Waals surface area (Å²) in [7, 11) is -10.8. The molecule has 0 amide bonds. The third-order valence-corrected chi connectivity index (χ3v) is 9.89. The highest BCUT2D eigenvalue weighted by atomic mass is 32.3. The van der Waals surface area contributed by atoms with Crippen LogP contribution < -0.4 is 4.57 Å². The van der Waals surface area contributed by atoms with Crippen molar-refractivity contribution in [3.8, 4) is 0 Å². The summed E-state index contributed by atoms with van der Waals surface area (Å²) in [5.74, 6) is 0. The molecule has 1 aromatic heterocycles. The van der Waals surface area contributed by atoms with E-state index < -0.39 is 39.9 Å². The van der Waals surface area contributed by atoms with Gasteiger partial charge in [-0.3, -0.25) is 0 Å². The molecule has 0 fully saturated rings. The highest BCUT2D eigenvalue weighted by molar-refractivity contribution is 8.13. The number of nitrogens with zero attached hydrogens (tertiary/aromatic N) is 2. The molecule has 0 bridgehead atoms. The first-order chi connectivity index (χ1) is 15.9. The lowest BCUT2D eigenvalue weighted by Gasteiger charge is -2.23. The van der Waals surface area contributed by atoms with Gasteiger partial charge >= 0.3 is 19.8 Å². The maximum atomic E-state index is 11.4. The van der Waals surface area contributed by atoms with E-state index in [2.05, 4.69) is 36.0 Å². The lowest BCUT2D eigenvalue weighted by molar-refractivity contribution is -0.697. The summed E-state index contributed by atoms with van der Waals surface area (Å²) >= 11 is 0. The first-order valence-electron chi connectivity index (χ1n) is 9.90. The van der Waals surface area contributed by atoms with Crippen LogP contribution in [0.4, 0.5) is 26.3 Å². The summed E-state index contributed by atoms with van der Waals surface area (Å²) in [6.45, 7) is 3.24. The molecule has 0 spiro atoms. The number of sulfonamides is 2. The lowest BCUT2D eigenvalue weighted by Crippen LogP contribution is -2.42. The van der Waals surface area contributed by atoms with Gasteiger partial charge in [0.1, 0.15) is 6.54 Å². The largest absolute Gasteiger partial charge is 0.500 e. The Bertz CT molecular complexity index is 935. The smallest absolute Gasteiger partial charge is 0.421 e. The third-order valence-electron chi connectivity index (χ3n) is 4.32. The molecule has 1 aromatic rings. The predicted octanol–water partition coefficient (Wildman–Crippen LogP) is 3.64. The summed E-state index contributed by atoms with van der Waals surface area (Å²) in [5.41, 5.74) is -11.0. The van der Waals surface area contributed by atoms with Gasteiger partial charge in [-0.2, -0.15) is 26.3 Å². The van der Waals surface area contributed by atoms with Gasteiger partial charge in [-0.25, -0.2) is 21.4 Å². The standard InChI is InChI=1S/C15H28NO3Si.C2F6NO4S2/c1-5-9-15-10-8-12-16(14-15)11-6-7-13-20(17-2,18-3)19-4;3-1(4,5)14(10,11)9-15(12,13)2(6,7)8/h8,10,12,14H,5-7,9,11,13H2,1-4H3;/q+1;-1. The van der Waals surface area contributed by atoms with E-state index >= 15 is 0 Å². The number of rotatable bonds is 12. The molecule has 1 heterocycles. The van der Waals surface area contributed by atoms with E-state index in [1.54, 1.807) is 21.3 Å². The van der Waals surface area contributed by atoms with Crippen LogP contribution in [0.25, 0.3) is 4.13 Å². The van der Waals surface area contributed by atoms with Crippen molar-refractivity contribution in [2.75, 3.05) is 21.3 Å². The average Bonchev–Trinajstić information content (AvgIpc) is 2.73. The lowest BCUT2D eigenvalue weighted by atomic mass is 10.2. The summed E-state index contributed by atoms with van der Waals surface area (Å²) in [6.07, 6.45) is 8.86. The van der Waals surface area contributed by atoms with Crippen LogP contribution in [0.2, 0.25) is 6.04 Å². The number of unbranched alkanes of at least 4 members (excludes halogenated alkanes) is 1. The molecule has 0 N–H and O–H groups in total. The highest BCUT2D eigenvalue weighted by Gasteiger charge is 2.47. The van der Waals surface area contributed by atoms with E-state index in [1.807, 2.05) is 0 Å². The molecular weight excluding hydrogens is 550 g/mol. The van der Waals surface area contributed by atoms with E-state index in [0.717, 1.165) is 36.0 Å². The molecular formula is C17H28F6N2O7S2Si. The molecule has 35 heavy (non-hydrogen) atoms. The molecule has 0 aliphatic heterocycles. The van der Waals surface area contributed by atoms with Crippen LogP contribution >= 0.6 is 0 Å². The fourth-order valence-corrected chi connectivity index (χ4v) is 6.06. The highest BCUT2D eigenvalue weighted by Crippen LogP contribution is 2.36. The number of hydrogen-bond donors (Lipinski definition) is 0. The Morgan fingerprint density at radius 3 is 1.80 bits per heavy atom. The SMILES string of the molecule is CCCc1ccc[n+](CCCC[Si](OC)(OC)OC)c1.O=S(=O)([N-]S(=O)(=O)C(F)(F)F)C(F)(F)F. The van der Waals surface area contributed by atoms with Gasteiger partial charge in [0.15, 0.2) is 32.4 Å². The van der Waals surface area contributed by atoms with Gasteiger partial charge in [0.2, 0.25) is 0 Å². The van der Waals surface area contributed by atoms with Gasteiger partial charge < -0.3 is 17.4 Å². The Morgan fingerprint density at radius 1 is 0.914 bits per heavy atom. The summed E-state index contributed by atoms with van der Waals surface area (Å²) in [5, 5.41) is 0. The molecule has 1 rings (SSSR count). The zero-order chi connectivity index (χ0) is 27.6. The number of alkyl halides is 6. The van der Waals surface area contributed by atoms with Gasteiger partial charge in [0.05, 0.1) is 0 Å². The normalized spacial score (nSPS) is 13.3. The van der Waals surface area contributed by atoms with Crippen molar-refractivity contribution >= 4 is 28.9 Å². The van der Waals surface area contributed by atoms with Gasteiger partial charge in [-0.1, -0.05) is 13.3 Å².